The molecule has 0 radical (unpaired) electrons. The molecule has 0 amide bonds. The fourth-order valence-corrected chi connectivity index (χ4v) is 2.01. The molecule has 1 atom stereocenters. The van der Waals surface area contributed by atoms with Crippen molar-refractivity contribution in [2.45, 2.75) is 12.3 Å². The Balaban J connectivity index is 2.43. The maximum Gasteiger partial charge on any atom is 0.175 e. The van der Waals surface area contributed by atoms with E-state index in [0.29, 0.717) is 5.56 Å². The monoisotopic (exact) mass is 240 g/mol. The van der Waals surface area contributed by atoms with Gasteiger partial charge in [0, 0.05) is 5.56 Å². The van der Waals surface area contributed by atoms with E-state index in [4.69, 9.17) is 0 Å². The molecule has 2 heteroatoms. The smallest absolute Gasteiger partial charge is 0.175 e. The van der Waals surface area contributed by atoms with Gasteiger partial charge in [0.25, 0.3) is 0 Å². The fourth-order valence-electron chi connectivity index (χ4n) is 2.01. The van der Waals surface area contributed by atoms with Crippen LogP contribution in [0, 0.1) is 0 Å². The van der Waals surface area contributed by atoms with E-state index < -0.39 is 5.41 Å². The van der Waals surface area contributed by atoms with Gasteiger partial charge in [0.2, 0.25) is 0 Å². The molecule has 0 saturated carbocycles. The van der Waals surface area contributed by atoms with Crippen molar-refractivity contribution in [1.29, 1.82) is 0 Å². The number of carbonyl (C=O) groups excluding carboxylic acids is 1. The van der Waals surface area contributed by atoms with Crippen LogP contribution in [-0.2, 0) is 5.41 Å². The molecule has 92 valence electrons. The fraction of sp³-hybridized carbons (Fsp3) is 0.188. The Morgan fingerprint density at radius 2 is 1.50 bits per heavy atom. The number of Topliss-reactive ketones (excluding diaryl/α,β-unsaturated/α-hetero) is 1. The molecule has 0 aliphatic rings. The first kappa shape index (κ1) is 12.5. The van der Waals surface area contributed by atoms with E-state index in [2.05, 4.69) is 0 Å². The first-order valence-electron chi connectivity index (χ1n) is 5.95. The zero-order chi connectivity index (χ0) is 13.0. The van der Waals surface area contributed by atoms with E-state index in [1.165, 1.54) is 0 Å². The van der Waals surface area contributed by atoms with Gasteiger partial charge in [-0.3, -0.25) is 4.79 Å². The van der Waals surface area contributed by atoms with Gasteiger partial charge in [-0.15, -0.1) is 0 Å². The normalized spacial score (nSPS) is 13.9. The van der Waals surface area contributed by atoms with E-state index in [9.17, 15) is 9.90 Å². The molecule has 2 aromatic carbocycles. The number of rotatable bonds is 4. The van der Waals surface area contributed by atoms with Crippen molar-refractivity contribution >= 4 is 5.78 Å². The molecule has 0 spiro atoms. The van der Waals surface area contributed by atoms with Crippen LogP contribution < -0.4 is 0 Å². The average molecular weight is 240 g/mol. The lowest BCUT2D eigenvalue weighted by Crippen LogP contribution is -2.36. The summed E-state index contributed by atoms with van der Waals surface area (Å²) in [7, 11) is 0. The van der Waals surface area contributed by atoms with Gasteiger partial charge in [-0.05, 0) is 12.5 Å². The van der Waals surface area contributed by atoms with Gasteiger partial charge in [0.1, 0.15) is 0 Å². The third-order valence-corrected chi connectivity index (χ3v) is 3.26. The molecule has 18 heavy (non-hydrogen) atoms. The molecule has 0 saturated heterocycles. The molecule has 0 heterocycles. The van der Waals surface area contributed by atoms with Crippen LogP contribution in [0.1, 0.15) is 22.8 Å². The standard InChI is InChI=1S/C16H16O2/c1-16(12-17,14-10-6-3-7-11-14)15(18)13-8-4-2-5-9-13/h2-11,17H,12H2,1H3. The van der Waals surface area contributed by atoms with Crippen LogP contribution in [0.4, 0.5) is 0 Å². The van der Waals surface area contributed by atoms with Crippen molar-refractivity contribution in [3.63, 3.8) is 0 Å². The van der Waals surface area contributed by atoms with Crippen LogP contribution in [0.15, 0.2) is 60.7 Å². The molecule has 2 nitrogen and oxygen atoms in total. The van der Waals surface area contributed by atoms with Gasteiger partial charge in [-0.25, -0.2) is 0 Å². The number of hydrogen-bond acceptors (Lipinski definition) is 2. The van der Waals surface area contributed by atoms with Crippen LogP contribution in [0.2, 0.25) is 0 Å². The Bertz CT molecular complexity index is 519. The quantitative estimate of drug-likeness (QED) is 0.834. The van der Waals surface area contributed by atoms with Gasteiger partial charge in [0.05, 0.1) is 12.0 Å². The number of aliphatic hydroxyl groups excluding tert-OH is 1. The summed E-state index contributed by atoms with van der Waals surface area (Å²) < 4.78 is 0. The molecule has 0 aliphatic carbocycles. The zero-order valence-electron chi connectivity index (χ0n) is 10.3. The second-order valence-electron chi connectivity index (χ2n) is 4.55. The molecular weight excluding hydrogens is 224 g/mol. The first-order valence-corrected chi connectivity index (χ1v) is 5.95. The number of carbonyl (C=O) groups is 1. The maximum absolute atomic E-state index is 12.5. The summed E-state index contributed by atoms with van der Waals surface area (Å²) in [5.74, 6) is -0.0585. The minimum absolute atomic E-state index is 0.0585. The third kappa shape index (κ3) is 2.20. The summed E-state index contributed by atoms with van der Waals surface area (Å²) in [5, 5.41) is 9.65. The second-order valence-corrected chi connectivity index (χ2v) is 4.55. The van der Waals surface area contributed by atoms with E-state index in [0.717, 1.165) is 5.56 Å². The summed E-state index contributed by atoms with van der Waals surface area (Å²) in [6.07, 6.45) is 0. The number of benzene rings is 2. The van der Waals surface area contributed by atoms with E-state index >= 15 is 0 Å². The maximum atomic E-state index is 12.5. The van der Waals surface area contributed by atoms with E-state index in [1.807, 2.05) is 48.5 Å². The lowest BCUT2D eigenvalue weighted by atomic mass is 9.77. The summed E-state index contributed by atoms with van der Waals surface area (Å²) >= 11 is 0. The lowest BCUT2D eigenvalue weighted by molar-refractivity contribution is 0.0823. The molecule has 2 rings (SSSR count). The second kappa shape index (κ2) is 5.15. The zero-order valence-corrected chi connectivity index (χ0v) is 10.3. The van der Waals surface area contributed by atoms with Gasteiger partial charge in [-0.2, -0.15) is 0 Å². The highest BCUT2D eigenvalue weighted by Crippen LogP contribution is 2.27. The Morgan fingerprint density at radius 1 is 1.00 bits per heavy atom. The molecule has 1 unspecified atom stereocenters. The highest BCUT2D eigenvalue weighted by Gasteiger charge is 2.34. The molecule has 0 aromatic heterocycles. The van der Waals surface area contributed by atoms with Crippen LogP contribution >= 0.6 is 0 Å². The predicted molar refractivity (Wildman–Crippen MR) is 71.7 cm³/mol. The van der Waals surface area contributed by atoms with Gasteiger partial charge in [-0.1, -0.05) is 60.7 Å². The Hall–Kier alpha value is -1.93. The highest BCUT2D eigenvalue weighted by molar-refractivity contribution is 6.03. The van der Waals surface area contributed by atoms with Gasteiger partial charge in [0.15, 0.2) is 5.78 Å². The molecule has 1 N–H and O–H groups in total. The number of hydrogen-bond donors (Lipinski definition) is 1. The molecule has 0 fully saturated rings. The van der Waals surface area contributed by atoms with Crippen molar-refractivity contribution in [2.24, 2.45) is 0 Å². The highest BCUT2D eigenvalue weighted by atomic mass is 16.3. The SMILES string of the molecule is CC(CO)(C(=O)c1ccccc1)c1ccccc1. The summed E-state index contributed by atoms with van der Waals surface area (Å²) in [6, 6.07) is 18.5. The van der Waals surface area contributed by atoms with Crippen LogP contribution in [0.5, 0.6) is 0 Å². The lowest BCUT2D eigenvalue weighted by Gasteiger charge is -2.26. The van der Waals surface area contributed by atoms with Crippen molar-refractivity contribution in [3.8, 4) is 0 Å². The number of aliphatic hydroxyl groups is 1. The van der Waals surface area contributed by atoms with E-state index in [-0.39, 0.29) is 12.4 Å². The van der Waals surface area contributed by atoms with E-state index in [1.54, 1.807) is 19.1 Å². The topological polar surface area (TPSA) is 37.3 Å². The third-order valence-electron chi connectivity index (χ3n) is 3.26. The first-order chi connectivity index (χ1) is 8.68. The summed E-state index contributed by atoms with van der Waals surface area (Å²) in [6.45, 7) is 1.57. The molecule has 2 aromatic rings. The molecule has 0 aliphatic heterocycles. The van der Waals surface area contributed by atoms with Crippen molar-refractivity contribution in [3.05, 3.63) is 71.8 Å². The van der Waals surface area contributed by atoms with Gasteiger partial charge < -0.3 is 5.11 Å². The minimum atomic E-state index is -0.886. The Labute approximate surface area is 107 Å². The Morgan fingerprint density at radius 3 is 2.00 bits per heavy atom. The largest absolute Gasteiger partial charge is 0.395 e. The van der Waals surface area contributed by atoms with Crippen molar-refractivity contribution in [2.75, 3.05) is 6.61 Å². The molecule has 0 bridgehead atoms. The van der Waals surface area contributed by atoms with Gasteiger partial charge >= 0.3 is 0 Å². The van der Waals surface area contributed by atoms with Crippen molar-refractivity contribution < 1.29 is 9.90 Å². The summed E-state index contributed by atoms with van der Waals surface area (Å²) in [5.41, 5.74) is 0.571. The van der Waals surface area contributed by atoms with Crippen LogP contribution in [-0.4, -0.2) is 17.5 Å². The molecular formula is C16H16O2. The predicted octanol–water partition coefficient (Wildman–Crippen LogP) is 2.82. The van der Waals surface area contributed by atoms with Crippen LogP contribution in [0.25, 0.3) is 0 Å². The Kier molecular flexibility index (Phi) is 3.58. The van der Waals surface area contributed by atoms with Crippen molar-refractivity contribution in [1.82, 2.24) is 0 Å². The summed E-state index contributed by atoms with van der Waals surface area (Å²) in [4.78, 5) is 12.5. The average Bonchev–Trinajstić information content (AvgIpc) is 2.47. The number of ketones is 1. The van der Waals surface area contributed by atoms with Crippen LogP contribution in [0.3, 0.4) is 0 Å². The minimum Gasteiger partial charge on any atom is -0.395 e.